The molecule has 2 aromatic rings. The number of aromatic amines is 1. The fourth-order valence-electron chi connectivity index (χ4n) is 2.04. The van der Waals surface area contributed by atoms with Gasteiger partial charge in [-0.15, -0.1) is 0 Å². The average molecular weight is 243 g/mol. The number of aromatic nitrogens is 3. The van der Waals surface area contributed by atoms with Crippen molar-refractivity contribution in [2.24, 2.45) is 0 Å². The molecule has 18 heavy (non-hydrogen) atoms. The molecule has 0 radical (unpaired) electrons. The molecule has 0 unspecified atom stereocenters. The lowest BCUT2D eigenvalue weighted by Crippen LogP contribution is -2.15. The van der Waals surface area contributed by atoms with Gasteiger partial charge in [-0.25, -0.2) is 4.98 Å². The highest BCUT2D eigenvalue weighted by Crippen LogP contribution is 2.25. The van der Waals surface area contributed by atoms with Gasteiger partial charge in [0, 0.05) is 17.9 Å². The molecule has 3 rings (SSSR count). The summed E-state index contributed by atoms with van der Waals surface area (Å²) in [5.74, 6) is -0.0797. The lowest BCUT2D eigenvalue weighted by atomic mass is 10.0. The Labute approximate surface area is 104 Å². The van der Waals surface area contributed by atoms with E-state index in [1.165, 1.54) is 11.9 Å². The van der Waals surface area contributed by atoms with Crippen molar-refractivity contribution < 1.29 is 4.79 Å². The minimum Gasteiger partial charge on any atom is -0.385 e. The van der Waals surface area contributed by atoms with E-state index in [9.17, 15) is 4.79 Å². The molecule has 2 heterocycles. The second-order valence-corrected chi connectivity index (χ2v) is 4.19. The van der Waals surface area contributed by atoms with E-state index in [-0.39, 0.29) is 11.7 Å². The van der Waals surface area contributed by atoms with Crippen LogP contribution in [0.4, 0.5) is 11.4 Å². The van der Waals surface area contributed by atoms with Gasteiger partial charge in [0.15, 0.2) is 0 Å². The maximum atomic E-state index is 11.8. The number of aryl methyl sites for hydroxylation is 1. The van der Waals surface area contributed by atoms with E-state index in [1.54, 1.807) is 0 Å². The predicted molar refractivity (Wildman–Crippen MR) is 67.6 cm³/mol. The van der Waals surface area contributed by atoms with Crippen LogP contribution in [0.25, 0.3) is 0 Å². The van der Waals surface area contributed by atoms with Gasteiger partial charge in [0.05, 0.1) is 0 Å². The van der Waals surface area contributed by atoms with Crippen LogP contribution in [0.1, 0.15) is 22.6 Å². The van der Waals surface area contributed by atoms with Gasteiger partial charge in [-0.2, -0.15) is 5.10 Å². The van der Waals surface area contributed by atoms with Crippen molar-refractivity contribution in [3.8, 4) is 0 Å². The summed E-state index contributed by atoms with van der Waals surface area (Å²) in [6.45, 7) is 0.979. The topological polar surface area (TPSA) is 82.7 Å². The molecule has 3 N–H and O–H groups in total. The smallest absolute Gasteiger partial charge is 0.292 e. The molecule has 1 aliphatic heterocycles. The third-order valence-corrected chi connectivity index (χ3v) is 2.94. The Bertz CT molecular complexity index is 564. The highest BCUT2D eigenvalue weighted by Gasteiger charge is 2.12. The van der Waals surface area contributed by atoms with E-state index in [4.69, 9.17) is 0 Å². The number of H-pyrrole nitrogens is 1. The van der Waals surface area contributed by atoms with Crippen molar-refractivity contribution in [3.05, 3.63) is 35.9 Å². The fraction of sp³-hybridized carbons (Fsp3) is 0.250. The molecule has 0 spiro atoms. The minimum absolute atomic E-state index is 0.209. The van der Waals surface area contributed by atoms with Crippen LogP contribution in [-0.2, 0) is 6.42 Å². The van der Waals surface area contributed by atoms with Crippen LogP contribution in [0, 0.1) is 0 Å². The highest BCUT2D eigenvalue weighted by atomic mass is 16.2. The van der Waals surface area contributed by atoms with Gasteiger partial charge >= 0.3 is 0 Å². The summed E-state index contributed by atoms with van der Waals surface area (Å²) in [6, 6.07) is 5.89. The third kappa shape index (κ3) is 2.04. The van der Waals surface area contributed by atoms with Crippen LogP contribution in [0.5, 0.6) is 0 Å². The van der Waals surface area contributed by atoms with Crippen molar-refractivity contribution in [3.63, 3.8) is 0 Å². The van der Waals surface area contributed by atoms with Gasteiger partial charge in [-0.3, -0.25) is 9.89 Å². The zero-order valence-electron chi connectivity index (χ0n) is 9.73. The van der Waals surface area contributed by atoms with Gasteiger partial charge in [0.1, 0.15) is 6.33 Å². The summed E-state index contributed by atoms with van der Waals surface area (Å²) in [4.78, 5) is 15.6. The molecular formula is C12H13N5O. The highest BCUT2D eigenvalue weighted by molar-refractivity contribution is 6.01. The third-order valence-electron chi connectivity index (χ3n) is 2.94. The van der Waals surface area contributed by atoms with Gasteiger partial charge in [0.25, 0.3) is 5.91 Å². The summed E-state index contributed by atoms with van der Waals surface area (Å²) < 4.78 is 0. The number of benzene rings is 1. The number of nitrogens with zero attached hydrogens (tertiary/aromatic N) is 2. The summed E-state index contributed by atoms with van der Waals surface area (Å²) in [7, 11) is 0. The van der Waals surface area contributed by atoms with Crippen molar-refractivity contribution in [1.29, 1.82) is 0 Å². The summed E-state index contributed by atoms with van der Waals surface area (Å²) in [6.07, 6.45) is 3.54. The Hall–Kier alpha value is -2.37. The molecule has 92 valence electrons. The molecule has 0 aliphatic carbocycles. The van der Waals surface area contributed by atoms with Gasteiger partial charge in [0.2, 0.25) is 5.82 Å². The molecule has 6 heteroatoms. The number of hydrogen-bond acceptors (Lipinski definition) is 4. The number of anilines is 2. The standard InChI is InChI=1S/C12H13N5O/c18-12(11-14-7-15-17-11)16-9-4-3-8-2-1-5-13-10(8)6-9/h3-4,6-7,13H,1-2,5H2,(H,16,18)(H,14,15,17). The van der Waals surface area contributed by atoms with E-state index in [0.717, 1.165) is 30.8 Å². The molecule has 0 bridgehead atoms. The number of amides is 1. The van der Waals surface area contributed by atoms with Crippen LogP contribution >= 0.6 is 0 Å². The summed E-state index contributed by atoms with van der Waals surface area (Å²) in [5.41, 5.74) is 3.14. The van der Waals surface area contributed by atoms with Gasteiger partial charge < -0.3 is 10.6 Å². The quantitative estimate of drug-likeness (QED) is 0.744. The molecule has 0 atom stereocenters. The largest absolute Gasteiger partial charge is 0.385 e. The number of nitrogens with one attached hydrogen (secondary N) is 3. The predicted octanol–water partition coefficient (Wildman–Crippen LogP) is 1.42. The molecule has 1 aliphatic rings. The van der Waals surface area contributed by atoms with E-state index < -0.39 is 0 Å². The van der Waals surface area contributed by atoms with E-state index in [0.29, 0.717) is 0 Å². The Morgan fingerprint density at radius 2 is 2.33 bits per heavy atom. The first-order valence-corrected chi connectivity index (χ1v) is 5.86. The molecule has 6 nitrogen and oxygen atoms in total. The Morgan fingerprint density at radius 3 is 3.17 bits per heavy atom. The average Bonchev–Trinajstić information content (AvgIpc) is 2.92. The van der Waals surface area contributed by atoms with Gasteiger partial charge in [-0.1, -0.05) is 6.07 Å². The molecule has 0 saturated heterocycles. The Balaban J connectivity index is 1.79. The first kappa shape index (κ1) is 10.8. The monoisotopic (exact) mass is 243 g/mol. The van der Waals surface area contributed by atoms with Crippen LogP contribution in [0.2, 0.25) is 0 Å². The maximum absolute atomic E-state index is 11.8. The first-order chi connectivity index (χ1) is 8.83. The molecule has 1 amide bonds. The van der Waals surface area contributed by atoms with Crippen LogP contribution < -0.4 is 10.6 Å². The lowest BCUT2D eigenvalue weighted by Gasteiger charge is -2.18. The minimum atomic E-state index is -0.289. The molecule has 0 saturated carbocycles. The van der Waals surface area contributed by atoms with E-state index >= 15 is 0 Å². The summed E-state index contributed by atoms with van der Waals surface area (Å²) >= 11 is 0. The molecular weight excluding hydrogens is 230 g/mol. The van der Waals surface area contributed by atoms with Crippen LogP contribution in [0.3, 0.4) is 0 Å². The van der Waals surface area contributed by atoms with Crippen molar-refractivity contribution in [2.75, 3.05) is 17.2 Å². The molecule has 0 fully saturated rings. The normalized spacial score (nSPS) is 13.6. The van der Waals surface area contributed by atoms with E-state index in [1.807, 2.05) is 18.2 Å². The van der Waals surface area contributed by atoms with Gasteiger partial charge in [-0.05, 0) is 30.5 Å². The lowest BCUT2D eigenvalue weighted by molar-refractivity contribution is 0.101. The number of rotatable bonds is 2. The van der Waals surface area contributed by atoms with E-state index in [2.05, 4.69) is 25.8 Å². The molecule has 1 aromatic heterocycles. The summed E-state index contributed by atoms with van der Waals surface area (Å²) in [5, 5.41) is 12.3. The maximum Gasteiger partial charge on any atom is 0.292 e. The fourth-order valence-corrected chi connectivity index (χ4v) is 2.04. The first-order valence-electron chi connectivity index (χ1n) is 5.86. The number of carbonyl (C=O) groups excluding carboxylic acids is 1. The zero-order chi connectivity index (χ0) is 12.4. The Kier molecular flexibility index (Phi) is 2.68. The SMILES string of the molecule is O=C(Nc1ccc2c(c1)NCCC2)c1ncn[nH]1. The number of hydrogen-bond donors (Lipinski definition) is 3. The molecule has 1 aromatic carbocycles. The van der Waals surface area contributed by atoms with Crippen molar-refractivity contribution in [1.82, 2.24) is 15.2 Å². The second kappa shape index (κ2) is 4.48. The van der Waals surface area contributed by atoms with Crippen molar-refractivity contribution >= 4 is 17.3 Å². The van der Waals surface area contributed by atoms with Crippen LogP contribution in [-0.4, -0.2) is 27.6 Å². The number of carbonyl (C=O) groups is 1. The second-order valence-electron chi connectivity index (χ2n) is 4.19. The number of fused-ring (bicyclic) bond motifs is 1. The Morgan fingerprint density at radius 1 is 1.39 bits per heavy atom. The van der Waals surface area contributed by atoms with Crippen LogP contribution in [0.15, 0.2) is 24.5 Å². The van der Waals surface area contributed by atoms with Crippen molar-refractivity contribution in [2.45, 2.75) is 12.8 Å². The zero-order valence-corrected chi connectivity index (χ0v) is 9.73.